The van der Waals surface area contributed by atoms with E-state index in [0.717, 1.165) is 6.20 Å². The van der Waals surface area contributed by atoms with Crippen molar-refractivity contribution < 1.29 is 10.1 Å². The van der Waals surface area contributed by atoms with Gasteiger partial charge in [0.1, 0.15) is 0 Å². The Labute approximate surface area is 70.1 Å². The first-order valence-corrected chi connectivity index (χ1v) is 3.42. The van der Waals surface area contributed by atoms with E-state index in [1.807, 2.05) is 0 Å². The van der Waals surface area contributed by atoms with Crippen molar-refractivity contribution in [3.8, 4) is 0 Å². The van der Waals surface area contributed by atoms with Crippen LogP contribution >= 0.6 is 15.9 Å². The number of rotatable bonds is 1. The SMILES string of the molecule is O=[N+]([O-])N1C=C(Br)C=NC1O. The van der Waals surface area contributed by atoms with Crippen molar-refractivity contribution >= 4 is 22.1 Å². The van der Waals surface area contributed by atoms with Crippen molar-refractivity contribution in [2.45, 2.75) is 6.35 Å². The van der Waals surface area contributed by atoms with Crippen LogP contribution in [0.2, 0.25) is 0 Å². The van der Waals surface area contributed by atoms with Crippen molar-refractivity contribution in [2.24, 2.45) is 4.99 Å². The summed E-state index contributed by atoms with van der Waals surface area (Å²) in [4.78, 5) is 13.6. The molecule has 0 amide bonds. The third-order valence-corrected chi connectivity index (χ3v) is 1.42. The highest BCUT2D eigenvalue weighted by molar-refractivity contribution is 9.12. The van der Waals surface area contributed by atoms with Crippen LogP contribution in [0.4, 0.5) is 0 Å². The minimum atomic E-state index is -1.42. The molecular weight excluding hydrogens is 218 g/mol. The number of halogens is 1. The zero-order chi connectivity index (χ0) is 8.43. The van der Waals surface area contributed by atoms with Gasteiger partial charge in [-0.05, 0) is 20.9 Å². The second kappa shape index (κ2) is 2.97. The molecule has 1 aliphatic rings. The standard InChI is InChI=1S/C4H4BrN3O3/c5-3-1-6-4(9)7(2-3)8(10)11/h1-2,4,9H. The molecule has 1 heterocycles. The first kappa shape index (κ1) is 8.15. The molecule has 0 aromatic rings. The first-order valence-electron chi connectivity index (χ1n) is 2.62. The molecule has 1 aliphatic heterocycles. The normalized spacial score (nSPS) is 23.3. The maximum Gasteiger partial charge on any atom is 0.285 e. The Balaban J connectivity index is 2.81. The minimum Gasteiger partial charge on any atom is -0.351 e. The number of aliphatic hydroxyl groups is 1. The van der Waals surface area contributed by atoms with E-state index in [2.05, 4.69) is 20.9 Å². The Morgan fingerprint density at radius 1 is 1.91 bits per heavy atom. The third kappa shape index (κ3) is 1.75. The first-order chi connectivity index (χ1) is 5.11. The van der Waals surface area contributed by atoms with Gasteiger partial charge in [-0.3, -0.25) is 0 Å². The Morgan fingerprint density at radius 3 is 3.00 bits per heavy atom. The van der Waals surface area contributed by atoms with E-state index in [1.165, 1.54) is 6.21 Å². The van der Waals surface area contributed by atoms with Gasteiger partial charge < -0.3 is 5.11 Å². The molecule has 1 unspecified atom stereocenters. The summed E-state index contributed by atoms with van der Waals surface area (Å²) in [5.41, 5.74) is 0. The lowest BCUT2D eigenvalue weighted by atomic mass is 10.6. The zero-order valence-corrected chi connectivity index (χ0v) is 6.80. The zero-order valence-electron chi connectivity index (χ0n) is 5.22. The number of aliphatic hydroxyl groups excluding tert-OH is 1. The summed E-state index contributed by atoms with van der Waals surface area (Å²) in [6, 6.07) is 0. The highest BCUT2D eigenvalue weighted by atomic mass is 79.9. The van der Waals surface area contributed by atoms with Gasteiger partial charge in [-0.25, -0.2) is 15.1 Å². The molecule has 7 heteroatoms. The molecule has 1 rings (SSSR count). The number of hydrogen-bond donors (Lipinski definition) is 1. The molecule has 11 heavy (non-hydrogen) atoms. The molecule has 60 valence electrons. The van der Waals surface area contributed by atoms with Crippen LogP contribution in [0, 0.1) is 10.1 Å². The van der Waals surface area contributed by atoms with Gasteiger partial charge in [0.15, 0.2) is 5.03 Å². The number of allylic oxidation sites excluding steroid dienone is 1. The number of nitrogens with zero attached hydrogens (tertiary/aromatic N) is 3. The van der Waals surface area contributed by atoms with Crippen molar-refractivity contribution in [3.63, 3.8) is 0 Å². The van der Waals surface area contributed by atoms with Crippen LogP contribution in [-0.4, -0.2) is 27.7 Å². The molecule has 6 nitrogen and oxygen atoms in total. The summed E-state index contributed by atoms with van der Waals surface area (Å²) in [6.45, 7) is 0. The van der Waals surface area contributed by atoms with Crippen LogP contribution in [-0.2, 0) is 0 Å². The van der Waals surface area contributed by atoms with Gasteiger partial charge in [0, 0.05) is 6.21 Å². The van der Waals surface area contributed by atoms with Gasteiger partial charge in [-0.1, -0.05) is 0 Å². The van der Waals surface area contributed by atoms with Gasteiger partial charge >= 0.3 is 0 Å². The minimum absolute atomic E-state index is 0.444. The van der Waals surface area contributed by atoms with Crippen molar-refractivity contribution in [1.29, 1.82) is 0 Å². The van der Waals surface area contributed by atoms with Gasteiger partial charge in [0.25, 0.3) is 6.35 Å². The predicted molar refractivity (Wildman–Crippen MR) is 40.3 cm³/mol. The molecular formula is C4H4BrN3O3. The molecule has 0 fully saturated rings. The van der Waals surface area contributed by atoms with Crippen LogP contribution < -0.4 is 0 Å². The summed E-state index contributed by atoms with van der Waals surface area (Å²) in [6.07, 6.45) is 1.01. The molecule has 0 saturated heterocycles. The maximum atomic E-state index is 10.1. The van der Waals surface area contributed by atoms with E-state index in [4.69, 9.17) is 5.11 Å². The summed E-state index contributed by atoms with van der Waals surface area (Å²) >= 11 is 2.98. The van der Waals surface area contributed by atoms with Crippen molar-refractivity contribution in [1.82, 2.24) is 5.01 Å². The van der Waals surface area contributed by atoms with E-state index in [0.29, 0.717) is 9.49 Å². The average Bonchev–Trinajstić information content (AvgIpc) is 1.94. The van der Waals surface area contributed by atoms with Crippen molar-refractivity contribution in [2.75, 3.05) is 0 Å². The molecule has 1 atom stereocenters. The van der Waals surface area contributed by atoms with E-state index in [1.54, 1.807) is 0 Å². The molecule has 0 aromatic carbocycles. The Morgan fingerprint density at radius 2 is 2.55 bits per heavy atom. The fraction of sp³-hybridized carbons (Fsp3) is 0.250. The average molecular weight is 222 g/mol. The fourth-order valence-corrected chi connectivity index (χ4v) is 0.892. The van der Waals surface area contributed by atoms with Crippen LogP contribution in [0.3, 0.4) is 0 Å². The molecule has 0 saturated carbocycles. The van der Waals surface area contributed by atoms with Crippen LogP contribution in [0.15, 0.2) is 15.7 Å². The van der Waals surface area contributed by atoms with Gasteiger partial charge in [0.05, 0.1) is 10.7 Å². The summed E-state index contributed by atoms with van der Waals surface area (Å²) in [5, 5.41) is 18.8. The predicted octanol–water partition coefficient (Wildman–Crippen LogP) is 0.0767. The van der Waals surface area contributed by atoms with Crippen LogP contribution in [0.1, 0.15) is 0 Å². The van der Waals surface area contributed by atoms with E-state index >= 15 is 0 Å². The Hall–Kier alpha value is -0.950. The topological polar surface area (TPSA) is 79.0 Å². The van der Waals surface area contributed by atoms with Crippen LogP contribution in [0.25, 0.3) is 0 Å². The van der Waals surface area contributed by atoms with Crippen molar-refractivity contribution in [3.05, 3.63) is 20.8 Å². The monoisotopic (exact) mass is 221 g/mol. The summed E-state index contributed by atoms with van der Waals surface area (Å²) in [7, 11) is 0. The third-order valence-electron chi connectivity index (χ3n) is 1.01. The van der Waals surface area contributed by atoms with Gasteiger partial charge in [-0.15, -0.1) is 0 Å². The van der Waals surface area contributed by atoms with Gasteiger partial charge in [0.2, 0.25) is 0 Å². The smallest absolute Gasteiger partial charge is 0.285 e. The molecule has 0 spiro atoms. The number of hydrazine groups is 1. The second-order valence-electron chi connectivity index (χ2n) is 1.76. The molecule has 0 radical (unpaired) electrons. The Kier molecular flexibility index (Phi) is 2.20. The lowest BCUT2D eigenvalue weighted by Gasteiger charge is -2.15. The second-order valence-corrected chi connectivity index (χ2v) is 2.67. The largest absolute Gasteiger partial charge is 0.351 e. The lowest BCUT2D eigenvalue weighted by molar-refractivity contribution is -0.658. The lowest BCUT2D eigenvalue weighted by Crippen LogP contribution is -2.36. The van der Waals surface area contributed by atoms with Gasteiger partial charge in [-0.2, -0.15) is 0 Å². The molecule has 0 aliphatic carbocycles. The quantitative estimate of drug-likeness (QED) is 0.503. The van der Waals surface area contributed by atoms with E-state index in [9.17, 15) is 10.1 Å². The van der Waals surface area contributed by atoms with E-state index in [-0.39, 0.29) is 0 Å². The maximum absolute atomic E-state index is 10.1. The summed E-state index contributed by atoms with van der Waals surface area (Å²) in [5.74, 6) is 0. The Bertz CT molecular complexity index is 239. The fourth-order valence-electron chi connectivity index (χ4n) is 0.564. The van der Waals surface area contributed by atoms with E-state index < -0.39 is 11.4 Å². The van der Waals surface area contributed by atoms with Crippen LogP contribution in [0.5, 0.6) is 0 Å². The molecule has 0 bridgehead atoms. The number of aliphatic imine (C=N–C) groups is 1. The molecule has 1 N–H and O–H groups in total. The number of hydrogen-bond acceptors (Lipinski definition) is 4. The number of nitro groups is 1. The highest BCUT2D eigenvalue weighted by Gasteiger charge is 2.23. The highest BCUT2D eigenvalue weighted by Crippen LogP contribution is 2.12. The summed E-state index contributed by atoms with van der Waals surface area (Å²) < 4.78 is 0.444. The molecule has 0 aromatic heterocycles.